The number of rotatable bonds is 3. The molecule has 0 bridgehead atoms. The lowest BCUT2D eigenvalue weighted by atomic mass is 10.3. The number of halogens is 1. The molecular formula is C13H17FN2O2S. The summed E-state index contributed by atoms with van der Waals surface area (Å²) in [5.41, 5.74) is 0. The number of carbonyl (C=O) groups is 1. The van der Waals surface area contributed by atoms with Gasteiger partial charge in [-0.15, -0.1) is 0 Å². The van der Waals surface area contributed by atoms with E-state index in [1.165, 1.54) is 18.2 Å². The van der Waals surface area contributed by atoms with E-state index >= 15 is 0 Å². The maximum Gasteiger partial charge on any atom is 0.235 e. The molecule has 0 spiro atoms. The van der Waals surface area contributed by atoms with Gasteiger partial charge in [0.1, 0.15) is 11.6 Å². The van der Waals surface area contributed by atoms with Crippen LogP contribution in [0.3, 0.4) is 0 Å². The van der Waals surface area contributed by atoms with Crippen molar-refractivity contribution in [2.45, 2.75) is 4.90 Å². The summed E-state index contributed by atoms with van der Waals surface area (Å²) in [6.07, 6.45) is 0. The van der Waals surface area contributed by atoms with Gasteiger partial charge >= 0.3 is 0 Å². The third-order valence-electron chi connectivity index (χ3n) is 3.17. The molecule has 0 radical (unpaired) electrons. The lowest BCUT2D eigenvalue weighted by molar-refractivity contribution is -0.129. The molecule has 1 aromatic rings. The molecule has 1 unspecified atom stereocenters. The second-order valence-electron chi connectivity index (χ2n) is 4.63. The second kappa shape index (κ2) is 6.25. The minimum Gasteiger partial charge on any atom is -0.339 e. The number of hydrogen-bond donors (Lipinski definition) is 0. The summed E-state index contributed by atoms with van der Waals surface area (Å²) in [6, 6.07) is 5.59. The van der Waals surface area contributed by atoms with Crippen LogP contribution in [0.5, 0.6) is 0 Å². The first kappa shape index (κ1) is 14.1. The van der Waals surface area contributed by atoms with Gasteiger partial charge < -0.3 is 9.80 Å². The summed E-state index contributed by atoms with van der Waals surface area (Å²) >= 11 is 0. The molecule has 6 heteroatoms. The normalized spacial score (nSPS) is 18.3. The summed E-state index contributed by atoms with van der Waals surface area (Å²) in [4.78, 5) is 16.2. The van der Waals surface area contributed by atoms with Crippen LogP contribution < -0.4 is 0 Å². The topological polar surface area (TPSA) is 40.6 Å². The van der Waals surface area contributed by atoms with Crippen LogP contribution in [-0.4, -0.2) is 58.9 Å². The van der Waals surface area contributed by atoms with Crippen molar-refractivity contribution < 1.29 is 13.4 Å². The predicted octanol–water partition coefficient (Wildman–Crippen LogP) is 0.707. The Hall–Kier alpha value is -1.27. The van der Waals surface area contributed by atoms with Crippen LogP contribution in [0.2, 0.25) is 0 Å². The predicted molar refractivity (Wildman–Crippen MR) is 71.8 cm³/mol. The Labute approximate surface area is 114 Å². The molecule has 0 aromatic heterocycles. The first-order valence-corrected chi connectivity index (χ1v) is 7.48. The van der Waals surface area contributed by atoms with Gasteiger partial charge in [0, 0.05) is 31.1 Å². The largest absolute Gasteiger partial charge is 0.339 e. The molecule has 0 N–H and O–H groups in total. The highest BCUT2D eigenvalue weighted by atomic mass is 32.2. The fourth-order valence-electron chi connectivity index (χ4n) is 1.95. The number of benzene rings is 1. The number of likely N-dealkylation sites (N-methyl/N-ethyl adjacent to an activating group) is 1. The quantitative estimate of drug-likeness (QED) is 0.821. The van der Waals surface area contributed by atoms with Crippen molar-refractivity contribution >= 4 is 16.7 Å². The molecule has 19 heavy (non-hydrogen) atoms. The van der Waals surface area contributed by atoms with Crippen molar-refractivity contribution in [3.8, 4) is 0 Å². The van der Waals surface area contributed by atoms with Crippen LogP contribution in [0.25, 0.3) is 0 Å². The molecule has 1 aliphatic rings. The van der Waals surface area contributed by atoms with Crippen molar-refractivity contribution in [1.82, 2.24) is 9.80 Å². The van der Waals surface area contributed by atoms with Crippen molar-refractivity contribution in [1.29, 1.82) is 0 Å². The van der Waals surface area contributed by atoms with Gasteiger partial charge in [0.2, 0.25) is 5.91 Å². The molecule has 1 amide bonds. The lowest BCUT2D eigenvalue weighted by Crippen LogP contribution is -2.48. The first-order chi connectivity index (χ1) is 9.06. The van der Waals surface area contributed by atoms with Gasteiger partial charge in [-0.1, -0.05) is 6.07 Å². The van der Waals surface area contributed by atoms with E-state index in [4.69, 9.17) is 0 Å². The Kier molecular flexibility index (Phi) is 4.66. The third kappa shape index (κ3) is 3.84. The van der Waals surface area contributed by atoms with Crippen molar-refractivity contribution in [2.75, 3.05) is 39.0 Å². The molecule has 1 aliphatic heterocycles. The molecule has 104 valence electrons. The van der Waals surface area contributed by atoms with Crippen molar-refractivity contribution in [3.05, 3.63) is 30.1 Å². The SMILES string of the molecule is CN1CCN(C(=O)CS(=O)c2cccc(F)c2)CC1. The Morgan fingerprint density at radius 3 is 2.63 bits per heavy atom. The molecular weight excluding hydrogens is 267 g/mol. The van der Waals surface area contributed by atoms with Gasteiger partial charge in [0.05, 0.1) is 10.8 Å². The minimum atomic E-state index is -1.48. The van der Waals surface area contributed by atoms with E-state index in [1.807, 2.05) is 7.05 Å². The number of carbonyl (C=O) groups excluding carboxylic acids is 1. The molecule has 2 rings (SSSR count). The van der Waals surface area contributed by atoms with Crippen LogP contribution in [0.15, 0.2) is 29.2 Å². The van der Waals surface area contributed by atoms with E-state index in [0.717, 1.165) is 13.1 Å². The maximum absolute atomic E-state index is 13.0. The van der Waals surface area contributed by atoms with E-state index in [-0.39, 0.29) is 11.7 Å². The van der Waals surface area contributed by atoms with E-state index in [9.17, 15) is 13.4 Å². The number of piperazine rings is 1. The molecule has 1 heterocycles. The second-order valence-corrected chi connectivity index (χ2v) is 6.08. The Morgan fingerprint density at radius 1 is 1.32 bits per heavy atom. The van der Waals surface area contributed by atoms with Gasteiger partial charge in [0.25, 0.3) is 0 Å². The van der Waals surface area contributed by atoms with Crippen LogP contribution in [0.1, 0.15) is 0 Å². The van der Waals surface area contributed by atoms with E-state index in [1.54, 1.807) is 11.0 Å². The van der Waals surface area contributed by atoms with Gasteiger partial charge in [0.15, 0.2) is 0 Å². The molecule has 1 aromatic carbocycles. The Morgan fingerprint density at radius 2 is 2.00 bits per heavy atom. The van der Waals surface area contributed by atoms with Crippen LogP contribution in [-0.2, 0) is 15.6 Å². The third-order valence-corrected chi connectivity index (χ3v) is 4.46. The minimum absolute atomic E-state index is 0.0762. The van der Waals surface area contributed by atoms with Gasteiger partial charge in [-0.25, -0.2) is 4.39 Å². The summed E-state index contributed by atoms with van der Waals surface area (Å²) in [5.74, 6) is -0.638. The number of amides is 1. The molecule has 1 atom stereocenters. The highest BCUT2D eigenvalue weighted by molar-refractivity contribution is 7.85. The van der Waals surface area contributed by atoms with Crippen molar-refractivity contribution in [2.24, 2.45) is 0 Å². The molecule has 4 nitrogen and oxygen atoms in total. The average molecular weight is 284 g/mol. The van der Waals surface area contributed by atoms with Gasteiger partial charge in [-0.05, 0) is 25.2 Å². The average Bonchev–Trinajstić information content (AvgIpc) is 2.39. The summed E-state index contributed by atoms with van der Waals surface area (Å²) < 4.78 is 25.0. The Bertz CT molecular complexity index is 487. The number of nitrogens with zero attached hydrogens (tertiary/aromatic N) is 2. The summed E-state index contributed by atoms with van der Waals surface area (Å²) in [5, 5.41) is 0. The van der Waals surface area contributed by atoms with Crippen LogP contribution in [0.4, 0.5) is 4.39 Å². The zero-order chi connectivity index (χ0) is 13.8. The van der Waals surface area contributed by atoms with Crippen LogP contribution >= 0.6 is 0 Å². The fraction of sp³-hybridized carbons (Fsp3) is 0.462. The lowest BCUT2D eigenvalue weighted by Gasteiger charge is -2.32. The smallest absolute Gasteiger partial charge is 0.235 e. The molecule has 1 saturated heterocycles. The highest BCUT2D eigenvalue weighted by Crippen LogP contribution is 2.10. The van der Waals surface area contributed by atoms with Gasteiger partial charge in [-0.3, -0.25) is 9.00 Å². The first-order valence-electron chi connectivity index (χ1n) is 6.16. The standard InChI is InChI=1S/C13H17FN2O2S/c1-15-5-7-16(8-6-15)13(17)10-19(18)12-4-2-3-11(14)9-12/h2-4,9H,5-8,10H2,1H3. The van der Waals surface area contributed by atoms with E-state index < -0.39 is 16.6 Å². The Balaban J connectivity index is 1.93. The van der Waals surface area contributed by atoms with E-state index in [2.05, 4.69) is 4.90 Å². The zero-order valence-electron chi connectivity index (χ0n) is 10.8. The zero-order valence-corrected chi connectivity index (χ0v) is 11.7. The number of hydrogen-bond acceptors (Lipinski definition) is 3. The molecule has 0 saturated carbocycles. The summed E-state index contributed by atoms with van der Waals surface area (Å²) in [7, 11) is 0.528. The van der Waals surface area contributed by atoms with E-state index in [0.29, 0.717) is 18.0 Å². The summed E-state index contributed by atoms with van der Waals surface area (Å²) in [6.45, 7) is 2.99. The van der Waals surface area contributed by atoms with Crippen LogP contribution in [0, 0.1) is 5.82 Å². The maximum atomic E-state index is 13.0. The molecule has 0 aliphatic carbocycles. The van der Waals surface area contributed by atoms with Gasteiger partial charge in [-0.2, -0.15) is 0 Å². The fourth-order valence-corrected chi connectivity index (χ4v) is 3.00. The highest BCUT2D eigenvalue weighted by Gasteiger charge is 2.21. The molecule has 1 fully saturated rings. The van der Waals surface area contributed by atoms with Crippen molar-refractivity contribution in [3.63, 3.8) is 0 Å². The monoisotopic (exact) mass is 284 g/mol.